The average molecular weight is 323 g/mol. The number of carbonyl (C=O) groups is 1. The van der Waals surface area contributed by atoms with E-state index in [9.17, 15) is 4.79 Å². The quantitative estimate of drug-likeness (QED) is 0.727. The van der Waals surface area contributed by atoms with Crippen LogP contribution in [0.25, 0.3) is 12.2 Å². The van der Waals surface area contributed by atoms with Crippen molar-refractivity contribution in [3.63, 3.8) is 0 Å². The van der Waals surface area contributed by atoms with Gasteiger partial charge in [0.2, 0.25) is 6.79 Å². The first kappa shape index (κ1) is 13.8. The lowest BCUT2D eigenvalue weighted by atomic mass is 10.2. The van der Waals surface area contributed by atoms with E-state index in [2.05, 4.69) is 6.07 Å². The molecule has 23 heavy (non-hydrogen) atoms. The Balaban J connectivity index is 1.55. The van der Waals surface area contributed by atoms with Gasteiger partial charge in [0, 0.05) is 22.8 Å². The van der Waals surface area contributed by atoms with Crippen molar-refractivity contribution in [3.05, 3.63) is 70.2 Å². The number of carbonyl (C=O) groups excluding carboxylic acids is 1. The molecule has 0 fully saturated rings. The Kier molecular flexibility index (Phi) is 3.48. The van der Waals surface area contributed by atoms with Gasteiger partial charge in [0.1, 0.15) is 0 Å². The first-order valence-corrected chi connectivity index (χ1v) is 8.01. The van der Waals surface area contributed by atoms with E-state index in [1.807, 2.05) is 35.9 Å². The molecule has 2 aromatic heterocycles. The molecule has 1 aliphatic rings. The van der Waals surface area contributed by atoms with Crippen molar-refractivity contribution < 1.29 is 14.3 Å². The monoisotopic (exact) mass is 323 g/mol. The molecule has 1 aliphatic heterocycles. The number of hydrogen-bond donors (Lipinski definition) is 0. The van der Waals surface area contributed by atoms with Crippen LogP contribution in [0.4, 0.5) is 0 Å². The van der Waals surface area contributed by atoms with Gasteiger partial charge in [-0.15, -0.1) is 11.3 Å². The van der Waals surface area contributed by atoms with Crippen LogP contribution in [0.1, 0.15) is 20.8 Å². The van der Waals surface area contributed by atoms with Crippen LogP contribution in [-0.2, 0) is 0 Å². The van der Waals surface area contributed by atoms with E-state index >= 15 is 0 Å². The minimum Gasteiger partial charge on any atom is -0.454 e. The number of aromatic nitrogens is 1. The smallest absolute Gasteiger partial charge is 0.262 e. The summed E-state index contributed by atoms with van der Waals surface area (Å²) >= 11 is 1.68. The fourth-order valence-corrected chi connectivity index (χ4v) is 3.00. The molecule has 0 radical (unpaired) electrons. The molecule has 0 aliphatic carbocycles. The number of rotatable bonds is 3. The van der Waals surface area contributed by atoms with Crippen molar-refractivity contribution in [1.82, 2.24) is 4.57 Å². The van der Waals surface area contributed by atoms with Crippen LogP contribution in [0, 0.1) is 0 Å². The van der Waals surface area contributed by atoms with Gasteiger partial charge >= 0.3 is 0 Å². The van der Waals surface area contributed by atoms with Crippen LogP contribution < -0.4 is 9.47 Å². The van der Waals surface area contributed by atoms with Crippen molar-refractivity contribution in [2.24, 2.45) is 0 Å². The molecule has 3 aromatic rings. The summed E-state index contributed by atoms with van der Waals surface area (Å²) in [5.41, 5.74) is 1.55. The molecule has 1 aromatic carbocycles. The summed E-state index contributed by atoms with van der Waals surface area (Å²) in [5.74, 6) is 1.19. The second-order valence-corrected chi connectivity index (χ2v) is 6.05. The fourth-order valence-electron chi connectivity index (χ4n) is 2.38. The number of fused-ring (bicyclic) bond motifs is 1. The molecule has 0 amide bonds. The zero-order chi connectivity index (χ0) is 15.6. The predicted octanol–water partition coefficient (Wildman–Crippen LogP) is 4.14. The van der Waals surface area contributed by atoms with Gasteiger partial charge in [-0.3, -0.25) is 9.36 Å². The number of benzene rings is 1. The van der Waals surface area contributed by atoms with E-state index in [0.717, 1.165) is 5.56 Å². The molecule has 0 unspecified atom stereocenters. The number of ether oxygens (including phenoxy) is 2. The highest BCUT2D eigenvalue weighted by Crippen LogP contribution is 2.32. The molecule has 5 heteroatoms. The maximum Gasteiger partial charge on any atom is 0.262 e. The summed E-state index contributed by atoms with van der Waals surface area (Å²) in [6, 6.07) is 11.2. The van der Waals surface area contributed by atoms with Gasteiger partial charge in [0.05, 0.1) is 0 Å². The maximum absolute atomic E-state index is 12.5. The van der Waals surface area contributed by atoms with Gasteiger partial charge in [-0.25, -0.2) is 0 Å². The lowest BCUT2D eigenvalue weighted by molar-refractivity contribution is 0.0960. The van der Waals surface area contributed by atoms with Crippen molar-refractivity contribution in [1.29, 1.82) is 0 Å². The van der Waals surface area contributed by atoms with Crippen LogP contribution in [0.3, 0.4) is 0 Å². The minimum atomic E-state index is -0.0981. The van der Waals surface area contributed by atoms with E-state index in [0.29, 0.717) is 17.1 Å². The second kappa shape index (κ2) is 5.78. The molecule has 4 nitrogen and oxygen atoms in total. The summed E-state index contributed by atoms with van der Waals surface area (Å²) < 4.78 is 12.2. The zero-order valence-corrected chi connectivity index (χ0v) is 13.0. The summed E-state index contributed by atoms with van der Waals surface area (Å²) in [4.78, 5) is 13.7. The fraction of sp³-hybridized carbons (Fsp3) is 0.0556. The molecule has 0 N–H and O–H groups in total. The first-order valence-electron chi connectivity index (χ1n) is 7.13. The number of nitrogens with zero attached hydrogens (tertiary/aromatic N) is 1. The molecule has 0 saturated carbocycles. The largest absolute Gasteiger partial charge is 0.454 e. The molecule has 0 spiro atoms. The van der Waals surface area contributed by atoms with Gasteiger partial charge in [0.25, 0.3) is 5.91 Å². The molecule has 0 saturated heterocycles. The predicted molar refractivity (Wildman–Crippen MR) is 90.0 cm³/mol. The minimum absolute atomic E-state index is 0.0981. The van der Waals surface area contributed by atoms with Gasteiger partial charge in [-0.2, -0.15) is 0 Å². The van der Waals surface area contributed by atoms with Crippen LogP contribution in [0.15, 0.2) is 54.2 Å². The highest BCUT2D eigenvalue weighted by atomic mass is 32.1. The van der Waals surface area contributed by atoms with E-state index in [4.69, 9.17) is 9.47 Å². The van der Waals surface area contributed by atoms with E-state index in [1.54, 1.807) is 40.3 Å². The molecule has 4 rings (SSSR count). The van der Waals surface area contributed by atoms with Crippen molar-refractivity contribution >= 4 is 29.4 Å². The van der Waals surface area contributed by atoms with E-state index < -0.39 is 0 Å². The third-order valence-corrected chi connectivity index (χ3v) is 4.39. The second-order valence-electron chi connectivity index (χ2n) is 5.07. The lowest BCUT2D eigenvalue weighted by Gasteiger charge is -2.03. The van der Waals surface area contributed by atoms with E-state index in [1.165, 1.54) is 4.88 Å². The van der Waals surface area contributed by atoms with Crippen molar-refractivity contribution in [3.8, 4) is 11.5 Å². The Hall–Kier alpha value is -2.79. The normalized spacial score (nSPS) is 12.9. The van der Waals surface area contributed by atoms with Gasteiger partial charge in [-0.1, -0.05) is 12.1 Å². The molecule has 0 bridgehead atoms. The summed E-state index contributed by atoms with van der Waals surface area (Å²) in [5, 5.41) is 2.04. The van der Waals surface area contributed by atoms with Crippen LogP contribution in [0.2, 0.25) is 0 Å². The molecule has 3 heterocycles. The third-order valence-electron chi connectivity index (χ3n) is 3.55. The maximum atomic E-state index is 12.5. The summed E-state index contributed by atoms with van der Waals surface area (Å²) in [6.07, 6.45) is 7.61. The van der Waals surface area contributed by atoms with Crippen molar-refractivity contribution in [2.45, 2.75) is 0 Å². The number of thiophene rings is 1. The van der Waals surface area contributed by atoms with Crippen LogP contribution in [-0.4, -0.2) is 17.3 Å². The van der Waals surface area contributed by atoms with Crippen LogP contribution >= 0.6 is 11.3 Å². The highest BCUT2D eigenvalue weighted by Gasteiger charge is 2.17. The third kappa shape index (κ3) is 2.78. The van der Waals surface area contributed by atoms with Gasteiger partial charge in [0.15, 0.2) is 11.5 Å². The van der Waals surface area contributed by atoms with E-state index in [-0.39, 0.29) is 12.7 Å². The Morgan fingerprint density at radius 2 is 2.04 bits per heavy atom. The Morgan fingerprint density at radius 3 is 2.91 bits per heavy atom. The molecule has 114 valence electrons. The SMILES string of the molecule is O=C(c1ccc2c(c1)OCO2)n1ccc(C=Cc2cccs2)c1. The molecule has 0 atom stereocenters. The summed E-state index contributed by atoms with van der Waals surface area (Å²) in [7, 11) is 0. The Bertz CT molecular complexity index is 878. The Morgan fingerprint density at radius 1 is 1.13 bits per heavy atom. The number of hydrogen-bond acceptors (Lipinski definition) is 4. The first-order chi connectivity index (χ1) is 11.3. The van der Waals surface area contributed by atoms with Crippen molar-refractivity contribution in [2.75, 3.05) is 6.79 Å². The average Bonchev–Trinajstić information content (AvgIpc) is 3.31. The summed E-state index contributed by atoms with van der Waals surface area (Å²) in [6.45, 7) is 0.203. The standard InChI is InChI=1S/C18H13NO3S/c20-18(14-4-6-16-17(10-14)22-12-21-16)19-8-7-13(11-19)3-5-15-2-1-9-23-15/h1-11H,12H2. The zero-order valence-electron chi connectivity index (χ0n) is 12.1. The Labute approximate surface area is 137 Å². The molecular formula is C18H13NO3S. The topological polar surface area (TPSA) is 40.5 Å². The molecular weight excluding hydrogens is 310 g/mol. The highest BCUT2D eigenvalue weighted by molar-refractivity contribution is 7.10. The van der Waals surface area contributed by atoms with Gasteiger partial charge in [-0.05, 0) is 47.4 Å². The van der Waals surface area contributed by atoms with Gasteiger partial charge < -0.3 is 9.47 Å². The van der Waals surface area contributed by atoms with Crippen LogP contribution in [0.5, 0.6) is 11.5 Å². The lowest BCUT2D eigenvalue weighted by Crippen LogP contribution is -2.09.